The van der Waals surface area contributed by atoms with E-state index in [4.69, 9.17) is 15.7 Å². The summed E-state index contributed by atoms with van der Waals surface area (Å²) in [6, 6.07) is 0. The lowest BCUT2D eigenvalue weighted by Crippen LogP contribution is -2.19. The highest BCUT2D eigenvalue weighted by molar-refractivity contribution is 6.04. The van der Waals surface area contributed by atoms with Crippen LogP contribution in [0.5, 0.6) is 0 Å². The van der Waals surface area contributed by atoms with Crippen molar-refractivity contribution in [2.75, 3.05) is 12.4 Å². The van der Waals surface area contributed by atoms with Crippen molar-refractivity contribution in [3.05, 3.63) is 11.8 Å². The van der Waals surface area contributed by atoms with Crippen LogP contribution >= 0.6 is 0 Å². The number of hydrogen-bond donors (Lipinski definition) is 4. The van der Waals surface area contributed by atoms with Gasteiger partial charge in [-0.2, -0.15) is 5.10 Å². The molecule has 0 aliphatic carbocycles. The van der Waals surface area contributed by atoms with Crippen LogP contribution in [0.3, 0.4) is 0 Å². The molecule has 100 valence electrons. The summed E-state index contributed by atoms with van der Waals surface area (Å²) >= 11 is 0. The fourth-order valence-corrected chi connectivity index (χ4v) is 1.28. The Morgan fingerprint density at radius 1 is 1.78 bits per heavy atom. The number of aromatic nitrogens is 2. The maximum Gasteiger partial charge on any atom is 0.225 e. The molecule has 8 nitrogen and oxygen atoms in total. The third-order valence-corrected chi connectivity index (χ3v) is 2.47. The minimum atomic E-state index is -0.199. The molecule has 0 spiro atoms. The van der Waals surface area contributed by atoms with Gasteiger partial charge in [0.1, 0.15) is 5.82 Å². The van der Waals surface area contributed by atoms with E-state index in [0.717, 1.165) is 0 Å². The van der Waals surface area contributed by atoms with E-state index in [1.165, 1.54) is 6.20 Å². The average Bonchev–Trinajstić information content (AvgIpc) is 2.82. The first-order chi connectivity index (χ1) is 8.58. The molecule has 1 aromatic rings. The Morgan fingerprint density at radius 3 is 3.11 bits per heavy atom. The quantitative estimate of drug-likeness (QED) is 0.251. The van der Waals surface area contributed by atoms with Gasteiger partial charge in [0.25, 0.3) is 0 Å². The highest BCUT2D eigenvalue weighted by Crippen LogP contribution is 2.11. The molecule has 0 aromatic carbocycles. The summed E-state index contributed by atoms with van der Waals surface area (Å²) in [7, 11) is 1.59. The first-order valence-electron chi connectivity index (χ1n) is 5.42. The lowest BCUT2D eigenvalue weighted by Gasteiger charge is -2.09. The number of oxime groups is 1. The second kappa shape index (κ2) is 6.60. The van der Waals surface area contributed by atoms with Crippen molar-refractivity contribution < 1.29 is 14.7 Å². The van der Waals surface area contributed by atoms with Gasteiger partial charge < -0.3 is 21.0 Å². The van der Waals surface area contributed by atoms with Crippen molar-refractivity contribution >= 4 is 17.6 Å². The Morgan fingerprint density at radius 2 is 2.50 bits per heavy atom. The van der Waals surface area contributed by atoms with E-state index in [0.29, 0.717) is 24.2 Å². The summed E-state index contributed by atoms with van der Waals surface area (Å²) < 4.78 is 5.04. The Balaban J connectivity index is 2.57. The molecule has 1 atom stereocenters. The topological polar surface area (TPSA) is 126 Å². The third kappa shape index (κ3) is 3.74. The number of amides is 1. The molecule has 1 aromatic heterocycles. The number of amidine groups is 1. The summed E-state index contributed by atoms with van der Waals surface area (Å²) in [6.45, 7) is 1.88. The number of carbonyl (C=O) groups excluding carboxylic acids is 1. The van der Waals surface area contributed by atoms with Gasteiger partial charge in [-0.25, -0.2) is 0 Å². The van der Waals surface area contributed by atoms with Crippen LogP contribution in [-0.2, 0) is 9.53 Å². The number of carbonyl (C=O) groups is 1. The SMILES string of the molecule is COC(C)CCC(=O)Nc1[nH]ncc1C(N)=NO. The molecule has 5 N–H and O–H groups in total. The fourth-order valence-electron chi connectivity index (χ4n) is 1.28. The van der Waals surface area contributed by atoms with E-state index in [2.05, 4.69) is 20.7 Å². The van der Waals surface area contributed by atoms with E-state index in [-0.39, 0.29) is 17.8 Å². The molecule has 0 fully saturated rings. The number of hydrogen-bond acceptors (Lipinski definition) is 5. The molecule has 1 unspecified atom stereocenters. The maximum absolute atomic E-state index is 11.6. The zero-order valence-electron chi connectivity index (χ0n) is 10.3. The molecular weight excluding hydrogens is 238 g/mol. The average molecular weight is 255 g/mol. The van der Waals surface area contributed by atoms with Crippen molar-refractivity contribution in [1.82, 2.24) is 10.2 Å². The van der Waals surface area contributed by atoms with Crippen molar-refractivity contribution in [3.8, 4) is 0 Å². The first-order valence-corrected chi connectivity index (χ1v) is 5.42. The standard InChI is InChI=1S/C10H17N5O3/c1-6(18-2)3-4-8(16)13-10-7(5-12-14-10)9(11)15-17/h5-6,17H,3-4H2,1-2H3,(H2,11,15)(H2,12,13,14,16). The molecule has 1 heterocycles. The summed E-state index contributed by atoms with van der Waals surface area (Å²) in [5.74, 6) is -0.0141. The molecular formula is C10H17N5O3. The van der Waals surface area contributed by atoms with Crippen LogP contribution in [0.25, 0.3) is 0 Å². The number of ether oxygens (including phenoxy) is 1. The van der Waals surface area contributed by atoms with Crippen molar-refractivity contribution in [1.29, 1.82) is 0 Å². The molecule has 18 heavy (non-hydrogen) atoms. The Bertz CT molecular complexity index is 429. The minimum absolute atomic E-state index is 0.0149. The highest BCUT2D eigenvalue weighted by atomic mass is 16.5. The smallest absolute Gasteiger partial charge is 0.225 e. The Labute approximate surface area is 104 Å². The third-order valence-electron chi connectivity index (χ3n) is 2.47. The molecule has 0 bridgehead atoms. The highest BCUT2D eigenvalue weighted by Gasteiger charge is 2.13. The Kier molecular flexibility index (Phi) is 5.12. The summed E-state index contributed by atoms with van der Waals surface area (Å²) in [4.78, 5) is 11.6. The Hall–Kier alpha value is -2.09. The maximum atomic E-state index is 11.6. The summed E-state index contributed by atoms with van der Waals surface area (Å²) in [6.07, 6.45) is 2.29. The molecule has 0 saturated carbocycles. The van der Waals surface area contributed by atoms with E-state index >= 15 is 0 Å². The zero-order chi connectivity index (χ0) is 13.5. The number of aromatic amines is 1. The number of rotatable bonds is 6. The normalized spacial score (nSPS) is 13.3. The van der Waals surface area contributed by atoms with Crippen LogP contribution in [0.15, 0.2) is 11.4 Å². The fraction of sp³-hybridized carbons (Fsp3) is 0.500. The monoisotopic (exact) mass is 255 g/mol. The largest absolute Gasteiger partial charge is 0.409 e. The van der Waals surface area contributed by atoms with E-state index < -0.39 is 0 Å². The first kappa shape index (κ1) is 14.0. The second-order valence-electron chi connectivity index (χ2n) is 3.78. The van der Waals surface area contributed by atoms with Gasteiger partial charge in [0.05, 0.1) is 17.9 Å². The van der Waals surface area contributed by atoms with Crippen LogP contribution in [0.2, 0.25) is 0 Å². The molecule has 0 radical (unpaired) electrons. The molecule has 0 saturated heterocycles. The van der Waals surface area contributed by atoms with Gasteiger partial charge in [-0.15, -0.1) is 0 Å². The minimum Gasteiger partial charge on any atom is -0.409 e. The van der Waals surface area contributed by atoms with Gasteiger partial charge in [0.2, 0.25) is 5.91 Å². The van der Waals surface area contributed by atoms with Crippen LogP contribution in [0, 0.1) is 0 Å². The summed E-state index contributed by atoms with van der Waals surface area (Å²) in [5.41, 5.74) is 5.77. The van der Waals surface area contributed by atoms with E-state index in [1.807, 2.05) is 6.92 Å². The van der Waals surface area contributed by atoms with Gasteiger partial charge in [-0.3, -0.25) is 9.89 Å². The predicted molar refractivity (Wildman–Crippen MR) is 65.4 cm³/mol. The number of nitrogens with two attached hydrogens (primary N) is 1. The number of anilines is 1. The van der Waals surface area contributed by atoms with Crippen LogP contribution in [0.4, 0.5) is 5.82 Å². The second-order valence-corrected chi connectivity index (χ2v) is 3.78. The van der Waals surface area contributed by atoms with Gasteiger partial charge in [-0.1, -0.05) is 5.16 Å². The lowest BCUT2D eigenvalue weighted by atomic mass is 10.2. The number of nitrogens with zero attached hydrogens (tertiary/aromatic N) is 2. The number of methoxy groups -OCH3 is 1. The van der Waals surface area contributed by atoms with Gasteiger partial charge >= 0.3 is 0 Å². The lowest BCUT2D eigenvalue weighted by molar-refractivity contribution is -0.116. The molecule has 1 rings (SSSR count). The van der Waals surface area contributed by atoms with Crippen LogP contribution < -0.4 is 11.1 Å². The van der Waals surface area contributed by atoms with Crippen LogP contribution in [-0.4, -0.2) is 40.4 Å². The molecule has 8 heteroatoms. The van der Waals surface area contributed by atoms with E-state index in [9.17, 15) is 4.79 Å². The van der Waals surface area contributed by atoms with Gasteiger partial charge in [0.15, 0.2) is 5.84 Å². The molecule has 1 amide bonds. The van der Waals surface area contributed by atoms with Crippen molar-refractivity contribution in [2.45, 2.75) is 25.9 Å². The predicted octanol–water partition coefficient (Wildman–Crippen LogP) is 0.258. The van der Waals surface area contributed by atoms with E-state index in [1.54, 1.807) is 7.11 Å². The molecule has 0 aliphatic heterocycles. The van der Waals surface area contributed by atoms with Gasteiger partial charge in [0, 0.05) is 13.5 Å². The van der Waals surface area contributed by atoms with Crippen LogP contribution in [0.1, 0.15) is 25.3 Å². The zero-order valence-corrected chi connectivity index (χ0v) is 10.3. The number of H-pyrrole nitrogens is 1. The van der Waals surface area contributed by atoms with Crippen molar-refractivity contribution in [2.24, 2.45) is 10.9 Å². The molecule has 0 aliphatic rings. The number of nitrogens with one attached hydrogen (secondary N) is 2. The summed E-state index contributed by atoms with van der Waals surface area (Å²) in [5, 5.41) is 20.3. The van der Waals surface area contributed by atoms with Gasteiger partial charge in [-0.05, 0) is 13.3 Å². The van der Waals surface area contributed by atoms with Crippen molar-refractivity contribution in [3.63, 3.8) is 0 Å².